The molecule has 0 spiro atoms. The summed E-state index contributed by atoms with van der Waals surface area (Å²) in [6.45, 7) is 1.97. The van der Waals surface area contributed by atoms with Crippen molar-refractivity contribution in [3.8, 4) is 22.6 Å². The first-order valence-electron chi connectivity index (χ1n) is 13.2. The molecule has 0 aromatic heterocycles. The minimum atomic E-state index is -1.06. The molecule has 9 heteroatoms. The first-order valence-corrected chi connectivity index (χ1v) is 14.6. The number of rotatable bonds is 12. The number of ether oxygens (including phenoxy) is 1. The molecular weight excluding hydrogens is 552 g/mol. The van der Waals surface area contributed by atoms with Crippen molar-refractivity contribution in [2.24, 2.45) is 0 Å². The molecule has 0 saturated heterocycles. The Morgan fingerprint density at radius 1 is 0.929 bits per heavy atom. The van der Waals surface area contributed by atoms with Crippen LogP contribution in [0.5, 0.6) is 11.5 Å². The van der Waals surface area contributed by atoms with Gasteiger partial charge in [0.2, 0.25) is 0 Å². The number of hydrogen-bond donors (Lipinski definition) is 2. The predicted molar refractivity (Wildman–Crippen MR) is 167 cm³/mol. The molecule has 0 radical (unpaired) electrons. The minimum Gasteiger partial charge on any atom is -0.480 e. The van der Waals surface area contributed by atoms with E-state index in [4.69, 9.17) is 4.74 Å². The summed E-state index contributed by atoms with van der Waals surface area (Å²) < 4.78 is 5.76. The molecule has 0 saturated carbocycles. The highest BCUT2D eigenvalue weighted by molar-refractivity contribution is 7.98. The van der Waals surface area contributed by atoms with Crippen LogP contribution in [0.1, 0.15) is 33.5 Å². The molecule has 0 aliphatic rings. The van der Waals surface area contributed by atoms with Gasteiger partial charge in [0.25, 0.3) is 11.6 Å². The fourth-order valence-corrected chi connectivity index (χ4v) is 4.80. The van der Waals surface area contributed by atoms with Gasteiger partial charge in [-0.25, -0.2) is 4.79 Å². The standard InChI is InChI=1S/C33H30N2O6S/c1-22-6-3-4-9-28(22)30-20-24(14-17-29(30)32(36)34-31(33(37)38)18-19-42-2)11-10-23-12-15-26(16-13-23)41-27-8-5-7-25(21-27)35(39)40/h3-17,20-21,31H,18-19H2,1-2H3,(H,34,36)(H,37,38)/b11-10+/t31-/m0/s1. The summed E-state index contributed by atoms with van der Waals surface area (Å²) in [6.07, 6.45) is 6.08. The lowest BCUT2D eigenvalue weighted by molar-refractivity contribution is -0.384. The number of nitro benzene ring substituents is 1. The van der Waals surface area contributed by atoms with Gasteiger partial charge in [0.05, 0.1) is 11.0 Å². The first kappa shape index (κ1) is 30.1. The molecule has 214 valence electrons. The number of hydrogen-bond acceptors (Lipinski definition) is 6. The van der Waals surface area contributed by atoms with E-state index in [-0.39, 0.29) is 5.69 Å². The Morgan fingerprint density at radius 3 is 2.33 bits per heavy atom. The number of benzene rings is 4. The molecule has 4 rings (SSSR count). The number of nitrogens with zero attached hydrogens (tertiary/aromatic N) is 1. The van der Waals surface area contributed by atoms with Crippen LogP contribution in [0.2, 0.25) is 0 Å². The van der Waals surface area contributed by atoms with E-state index in [9.17, 15) is 24.8 Å². The summed E-state index contributed by atoms with van der Waals surface area (Å²) >= 11 is 1.53. The van der Waals surface area contributed by atoms with Crippen LogP contribution in [-0.2, 0) is 4.79 Å². The molecule has 0 bridgehead atoms. The maximum absolute atomic E-state index is 13.3. The number of amides is 1. The van der Waals surface area contributed by atoms with Gasteiger partial charge in [-0.15, -0.1) is 0 Å². The van der Waals surface area contributed by atoms with Crippen LogP contribution in [0.3, 0.4) is 0 Å². The third-order valence-electron chi connectivity index (χ3n) is 6.55. The summed E-state index contributed by atoms with van der Waals surface area (Å²) in [6, 6.07) is 25.5. The van der Waals surface area contributed by atoms with Gasteiger partial charge in [-0.05, 0) is 83.5 Å². The van der Waals surface area contributed by atoms with Crippen LogP contribution < -0.4 is 10.1 Å². The van der Waals surface area contributed by atoms with Crippen molar-refractivity contribution in [1.82, 2.24) is 5.32 Å². The maximum Gasteiger partial charge on any atom is 0.326 e. The number of nitrogens with one attached hydrogen (secondary N) is 1. The minimum absolute atomic E-state index is 0.0436. The number of non-ortho nitro benzene ring substituents is 1. The molecule has 2 N–H and O–H groups in total. The molecule has 0 aliphatic heterocycles. The average Bonchev–Trinajstić information content (AvgIpc) is 2.99. The number of nitro groups is 1. The van der Waals surface area contributed by atoms with Crippen LogP contribution in [0.4, 0.5) is 5.69 Å². The van der Waals surface area contributed by atoms with Crippen molar-refractivity contribution in [3.05, 3.63) is 123 Å². The summed E-state index contributed by atoms with van der Waals surface area (Å²) in [7, 11) is 0. The van der Waals surface area contributed by atoms with Gasteiger partial charge in [-0.1, -0.05) is 60.7 Å². The predicted octanol–water partition coefficient (Wildman–Crippen LogP) is 7.47. The van der Waals surface area contributed by atoms with E-state index in [1.54, 1.807) is 30.3 Å². The van der Waals surface area contributed by atoms with E-state index in [2.05, 4.69) is 5.32 Å². The van der Waals surface area contributed by atoms with Crippen molar-refractivity contribution >= 4 is 41.5 Å². The molecule has 0 heterocycles. The van der Waals surface area contributed by atoms with Crippen LogP contribution >= 0.6 is 11.8 Å². The van der Waals surface area contributed by atoms with Crippen molar-refractivity contribution in [3.63, 3.8) is 0 Å². The third kappa shape index (κ3) is 7.86. The van der Waals surface area contributed by atoms with Crippen LogP contribution in [-0.4, -0.2) is 40.0 Å². The Morgan fingerprint density at radius 2 is 1.64 bits per heavy atom. The molecule has 42 heavy (non-hydrogen) atoms. The van der Waals surface area contributed by atoms with E-state index >= 15 is 0 Å². The van der Waals surface area contributed by atoms with Gasteiger partial charge in [-0.3, -0.25) is 14.9 Å². The molecule has 4 aromatic rings. The highest BCUT2D eigenvalue weighted by Crippen LogP contribution is 2.30. The lowest BCUT2D eigenvalue weighted by Crippen LogP contribution is -2.41. The second-order valence-electron chi connectivity index (χ2n) is 9.52. The van der Waals surface area contributed by atoms with E-state index in [1.165, 1.54) is 23.9 Å². The fourth-order valence-electron chi connectivity index (χ4n) is 4.33. The lowest BCUT2D eigenvalue weighted by atomic mass is 9.93. The number of carboxylic acids is 1. The second kappa shape index (κ2) is 14.1. The Kier molecular flexibility index (Phi) is 10.1. The summed E-state index contributed by atoms with van der Waals surface area (Å²) in [4.78, 5) is 35.6. The van der Waals surface area contributed by atoms with Gasteiger partial charge < -0.3 is 15.2 Å². The van der Waals surface area contributed by atoms with Crippen molar-refractivity contribution in [2.45, 2.75) is 19.4 Å². The molecular formula is C33H30N2O6S. The molecule has 1 amide bonds. The number of aliphatic carboxylic acids is 1. The second-order valence-corrected chi connectivity index (χ2v) is 10.5. The highest BCUT2D eigenvalue weighted by atomic mass is 32.2. The largest absolute Gasteiger partial charge is 0.480 e. The zero-order valence-electron chi connectivity index (χ0n) is 23.2. The van der Waals surface area contributed by atoms with E-state index < -0.39 is 22.8 Å². The monoisotopic (exact) mass is 582 g/mol. The molecule has 4 aromatic carbocycles. The molecule has 0 aliphatic carbocycles. The lowest BCUT2D eigenvalue weighted by Gasteiger charge is -2.17. The fraction of sp³-hybridized carbons (Fsp3) is 0.152. The number of carboxylic acid groups (broad SMARTS) is 1. The number of carbonyl (C=O) groups is 2. The Labute approximate surface area is 248 Å². The van der Waals surface area contributed by atoms with Crippen molar-refractivity contribution in [1.29, 1.82) is 0 Å². The zero-order valence-corrected chi connectivity index (χ0v) is 24.0. The normalized spacial score (nSPS) is 11.7. The molecule has 0 fully saturated rings. The SMILES string of the molecule is CSCC[C@H](NC(=O)c1ccc(/C=C/c2ccc(Oc3cccc([N+](=O)[O-])c3)cc2)cc1-c1ccccc1C)C(=O)O. The van der Waals surface area contributed by atoms with E-state index in [1.807, 2.05) is 73.9 Å². The topological polar surface area (TPSA) is 119 Å². The summed E-state index contributed by atoms with van der Waals surface area (Å²) in [5.74, 6) is 0.0434. The van der Waals surface area contributed by atoms with Gasteiger partial charge in [-0.2, -0.15) is 11.8 Å². The number of aryl methyl sites for hydroxylation is 1. The Balaban J connectivity index is 1.56. The number of carbonyl (C=O) groups excluding carboxylic acids is 1. The Hall–Kier alpha value is -4.89. The van der Waals surface area contributed by atoms with Gasteiger partial charge >= 0.3 is 5.97 Å². The van der Waals surface area contributed by atoms with E-state index in [0.29, 0.717) is 34.8 Å². The summed E-state index contributed by atoms with van der Waals surface area (Å²) in [5.41, 5.74) is 4.71. The Bertz CT molecular complexity index is 1620. The van der Waals surface area contributed by atoms with Crippen LogP contribution in [0.15, 0.2) is 91.0 Å². The quantitative estimate of drug-likeness (QED) is 0.101. The van der Waals surface area contributed by atoms with Crippen LogP contribution in [0, 0.1) is 17.0 Å². The average molecular weight is 583 g/mol. The van der Waals surface area contributed by atoms with Crippen molar-refractivity contribution in [2.75, 3.05) is 12.0 Å². The van der Waals surface area contributed by atoms with Gasteiger partial charge in [0.1, 0.15) is 17.5 Å². The van der Waals surface area contributed by atoms with Crippen molar-refractivity contribution < 1.29 is 24.4 Å². The number of thioether (sulfide) groups is 1. The molecule has 1 atom stereocenters. The third-order valence-corrected chi connectivity index (χ3v) is 7.19. The van der Waals surface area contributed by atoms with Gasteiger partial charge in [0, 0.05) is 11.6 Å². The van der Waals surface area contributed by atoms with E-state index in [0.717, 1.165) is 22.3 Å². The first-order chi connectivity index (χ1) is 20.2. The highest BCUT2D eigenvalue weighted by Gasteiger charge is 2.22. The summed E-state index contributed by atoms with van der Waals surface area (Å²) in [5, 5.41) is 23.3. The maximum atomic E-state index is 13.3. The van der Waals surface area contributed by atoms with Crippen LogP contribution in [0.25, 0.3) is 23.3 Å². The molecule has 0 unspecified atom stereocenters. The smallest absolute Gasteiger partial charge is 0.326 e. The molecule has 8 nitrogen and oxygen atoms in total. The zero-order chi connectivity index (χ0) is 30.1. The van der Waals surface area contributed by atoms with Gasteiger partial charge in [0.15, 0.2) is 0 Å².